The summed E-state index contributed by atoms with van der Waals surface area (Å²) in [4.78, 5) is 46.1. The fraction of sp³-hybridized carbons (Fsp3) is 0.200. The third-order valence-corrected chi connectivity index (χ3v) is 8.48. The maximum absolute atomic E-state index is 13.7. The van der Waals surface area contributed by atoms with Crippen molar-refractivity contribution >= 4 is 39.9 Å². The fourth-order valence-corrected chi connectivity index (χ4v) is 6.05. The highest BCUT2D eigenvalue weighted by Gasteiger charge is 2.49. The fourth-order valence-electron chi connectivity index (χ4n) is 5.06. The minimum atomic E-state index is -1.09. The van der Waals surface area contributed by atoms with E-state index < -0.39 is 23.7 Å². The average Bonchev–Trinajstić information content (AvgIpc) is 3.55. The molecule has 0 aliphatic carbocycles. The highest BCUT2D eigenvalue weighted by Crippen LogP contribution is 2.46. The number of benzene rings is 3. The Morgan fingerprint density at radius 3 is 2.51 bits per heavy atom. The van der Waals surface area contributed by atoms with Crippen LogP contribution in [0.1, 0.15) is 49.2 Å². The molecule has 1 atom stereocenters. The molecule has 45 heavy (non-hydrogen) atoms. The van der Waals surface area contributed by atoms with Crippen LogP contribution in [0.25, 0.3) is 5.76 Å². The van der Waals surface area contributed by atoms with E-state index >= 15 is 0 Å². The van der Waals surface area contributed by atoms with Crippen molar-refractivity contribution in [2.75, 3.05) is 18.6 Å². The molecule has 4 aromatic rings. The highest BCUT2D eigenvalue weighted by molar-refractivity contribution is 7.17. The van der Waals surface area contributed by atoms with Gasteiger partial charge in [0.1, 0.15) is 23.9 Å². The molecule has 5 rings (SSSR count). The first-order chi connectivity index (χ1) is 21.6. The van der Waals surface area contributed by atoms with E-state index in [0.717, 1.165) is 28.0 Å². The normalized spacial score (nSPS) is 15.6. The standard InChI is InChI=1S/C35H32N2O7S/c1-6-16-43-34(41)32-22(4)36-35(45-32)37-29(28(31(39)33(37)40)30(38)25-17-20(2)12-13-21(25)3)24-14-15-26(27(18-24)42-5)44-19-23-10-8-7-9-11-23/h6-15,17-18,29,38H,1,16,19H2,2-5H3/b30-28+. The number of methoxy groups -OCH3 is 1. The zero-order chi connectivity index (χ0) is 32.2. The first kappa shape index (κ1) is 31.2. The van der Waals surface area contributed by atoms with E-state index in [4.69, 9.17) is 14.2 Å². The molecule has 1 amide bonds. The van der Waals surface area contributed by atoms with E-state index in [2.05, 4.69) is 11.6 Å². The van der Waals surface area contributed by atoms with Crippen LogP contribution in [0.3, 0.4) is 0 Å². The summed E-state index contributed by atoms with van der Waals surface area (Å²) in [6.07, 6.45) is 1.45. The minimum absolute atomic E-state index is 0.00432. The van der Waals surface area contributed by atoms with Crippen molar-refractivity contribution in [1.29, 1.82) is 0 Å². The molecule has 1 unspecified atom stereocenters. The second kappa shape index (κ2) is 13.2. The molecule has 9 nitrogen and oxygen atoms in total. The average molecular weight is 625 g/mol. The first-order valence-electron chi connectivity index (χ1n) is 14.1. The van der Waals surface area contributed by atoms with Crippen LogP contribution in [0, 0.1) is 20.8 Å². The number of aromatic nitrogens is 1. The van der Waals surface area contributed by atoms with Gasteiger partial charge in [-0.15, -0.1) is 0 Å². The maximum Gasteiger partial charge on any atom is 0.350 e. The van der Waals surface area contributed by atoms with Gasteiger partial charge in [-0.25, -0.2) is 9.78 Å². The quantitative estimate of drug-likeness (QED) is 0.0688. The van der Waals surface area contributed by atoms with Crippen LogP contribution < -0.4 is 14.4 Å². The molecule has 1 saturated heterocycles. The lowest BCUT2D eigenvalue weighted by molar-refractivity contribution is -0.132. The van der Waals surface area contributed by atoms with Gasteiger partial charge in [0.25, 0.3) is 5.78 Å². The third kappa shape index (κ3) is 6.23. The van der Waals surface area contributed by atoms with Crippen LogP contribution in [0.5, 0.6) is 11.5 Å². The van der Waals surface area contributed by atoms with Crippen LogP contribution in [0.15, 0.2) is 85.0 Å². The Labute approximate surface area is 265 Å². The number of hydrogen-bond acceptors (Lipinski definition) is 9. The smallest absolute Gasteiger partial charge is 0.350 e. The molecular formula is C35H32N2O7S. The van der Waals surface area contributed by atoms with E-state index in [1.54, 1.807) is 31.2 Å². The lowest BCUT2D eigenvalue weighted by Gasteiger charge is -2.24. The highest BCUT2D eigenvalue weighted by atomic mass is 32.1. The third-order valence-electron chi connectivity index (χ3n) is 7.34. The topological polar surface area (TPSA) is 115 Å². The van der Waals surface area contributed by atoms with Gasteiger partial charge in [-0.05, 0) is 55.7 Å². The van der Waals surface area contributed by atoms with Crippen molar-refractivity contribution in [2.45, 2.75) is 33.4 Å². The molecule has 1 aliphatic heterocycles. The number of carbonyl (C=O) groups excluding carboxylic acids is 3. The summed E-state index contributed by atoms with van der Waals surface area (Å²) >= 11 is 0.926. The summed E-state index contributed by atoms with van der Waals surface area (Å²) in [5.74, 6) is -1.90. The van der Waals surface area contributed by atoms with Crippen LogP contribution in [-0.2, 0) is 20.9 Å². The second-order valence-electron chi connectivity index (χ2n) is 10.5. The summed E-state index contributed by atoms with van der Waals surface area (Å²) in [5.41, 5.74) is 3.67. The molecule has 1 N–H and O–H groups in total. The summed E-state index contributed by atoms with van der Waals surface area (Å²) in [5, 5.41) is 11.8. The molecule has 1 aromatic heterocycles. The molecule has 230 valence electrons. The molecule has 0 bridgehead atoms. The predicted octanol–water partition coefficient (Wildman–Crippen LogP) is 6.63. The van der Waals surface area contributed by atoms with Crippen LogP contribution in [0.2, 0.25) is 0 Å². The van der Waals surface area contributed by atoms with E-state index in [9.17, 15) is 19.5 Å². The largest absolute Gasteiger partial charge is 0.507 e. The lowest BCUT2D eigenvalue weighted by atomic mass is 9.93. The van der Waals surface area contributed by atoms with Gasteiger partial charge in [0.05, 0.1) is 24.4 Å². The van der Waals surface area contributed by atoms with E-state index in [1.807, 2.05) is 56.3 Å². The number of Topliss-reactive ketones (excluding diaryl/α,β-unsaturated/α-hetero) is 1. The number of amides is 1. The van der Waals surface area contributed by atoms with E-state index in [0.29, 0.717) is 34.9 Å². The van der Waals surface area contributed by atoms with E-state index in [-0.39, 0.29) is 27.9 Å². The number of carbonyl (C=O) groups is 3. The number of esters is 1. The van der Waals surface area contributed by atoms with Gasteiger partial charge >= 0.3 is 11.9 Å². The van der Waals surface area contributed by atoms with E-state index in [1.165, 1.54) is 18.1 Å². The molecule has 10 heteroatoms. The van der Waals surface area contributed by atoms with Gasteiger partial charge in [0.2, 0.25) is 0 Å². The number of rotatable bonds is 10. The van der Waals surface area contributed by atoms with Crippen LogP contribution in [0.4, 0.5) is 5.13 Å². The minimum Gasteiger partial charge on any atom is -0.507 e. The maximum atomic E-state index is 13.7. The van der Waals surface area contributed by atoms with Crippen molar-refractivity contribution in [3.63, 3.8) is 0 Å². The number of hydrogen-bond donors (Lipinski definition) is 1. The molecule has 0 radical (unpaired) electrons. The van der Waals surface area contributed by atoms with Gasteiger partial charge < -0.3 is 19.3 Å². The number of ether oxygens (including phenoxy) is 3. The molecule has 1 fully saturated rings. The summed E-state index contributed by atoms with van der Waals surface area (Å²) in [6.45, 7) is 9.16. The van der Waals surface area contributed by atoms with Crippen molar-refractivity contribution in [3.05, 3.63) is 123 Å². The van der Waals surface area contributed by atoms with Gasteiger partial charge in [0, 0.05) is 5.56 Å². The van der Waals surface area contributed by atoms with Crippen molar-refractivity contribution < 1.29 is 33.7 Å². The molecule has 0 saturated carbocycles. The lowest BCUT2D eigenvalue weighted by Crippen LogP contribution is -2.29. The van der Waals surface area contributed by atoms with Gasteiger partial charge in [-0.2, -0.15) is 0 Å². The molecule has 3 aromatic carbocycles. The Morgan fingerprint density at radius 2 is 1.80 bits per heavy atom. The molecule has 0 spiro atoms. The zero-order valence-electron chi connectivity index (χ0n) is 25.3. The van der Waals surface area contributed by atoms with Gasteiger partial charge in [-0.3, -0.25) is 14.5 Å². The number of thiazole rings is 1. The predicted molar refractivity (Wildman–Crippen MR) is 172 cm³/mol. The Kier molecular flexibility index (Phi) is 9.15. The number of aliphatic hydroxyl groups excluding tert-OH is 1. The summed E-state index contributed by atoms with van der Waals surface area (Å²) in [6, 6.07) is 19.1. The Morgan fingerprint density at radius 1 is 1.04 bits per heavy atom. The zero-order valence-corrected chi connectivity index (χ0v) is 26.1. The number of anilines is 1. The Hall–Kier alpha value is -5.22. The van der Waals surface area contributed by atoms with Crippen molar-refractivity contribution in [3.8, 4) is 11.5 Å². The Balaban J connectivity index is 1.64. The van der Waals surface area contributed by atoms with Crippen LogP contribution >= 0.6 is 11.3 Å². The number of ketones is 1. The summed E-state index contributed by atoms with van der Waals surface area (Å²) < 4.78 is 16.9. The molecule has 2 heterocycles. The van der Waals surface area contributed by atoms with Crippen LogP contribution in [-0.4, -0.2) is 41.5 Å². The second-order valence-corrected chi connectivity index (χ2v) is 11.4. The van der Waals surface area contributed by atoms with Crippen molar-refractivity contribution in [1.82, 2.24) is 4.98 Å². The molecular weight excluding hydrogens is 592 g/mol. The SMILES string of the molecule is C=CCOC(=O)c1sc(N2C(=O)C(=O)/C(=C(/O)c3cc(C)ccc3C)C2c2ccc(OCc3ccccc3)c(OC)c2)nc1C. The van der Waals surface area contributed by atoms with Crippen molar-refractivity contribution in [2.24, 2.45) is 0 Å². The first-order valence-corrected chi connectivity index (χ1v) is 14.9. The summed E-state index contributed by atoms with van der Waals surface area (Å²) in [7, 11) is 1.49. The Bertz CT molecular complexity index is 1830. The number of nitrogens with zero attached hydrogens (tertiary/aromatic N) is 2. The monoisotopic (exact) mass is 624 g/mol. The molecule has 1 aliphatic rings. The number of aryl methyl sites for hydroxylation is 3. The van der Waals surface area contributed by atoms with Gasteiger partial charge in [0.15, 0.2) is 16.6 Å². The van der Waals surface area contributed by atoms with Gasteiger partial charge in [-0.1, -0.05) is 78.1 Å². The number of aliphatic hydroxyl groups is 1.